The molecule has 8 heteroatoms. The summed E-state index contributed by atoms with van der Waals surface area (Å²) in [6.07, 6.45) is 3.93. The fourth-order valence-electron chi connectivity index (χ4n) is 3.58. The number of nitrogens with one attached hydrogen (secondary N) is 1. The lowest BCUT2D eigenvalue weighted by Gasteiger charge is -2.16. The van der Waals surface area contributed by atoms with Crippen molar-refractivity contribution in [3.8, 4) is 0 Å². The molecule has 4 rings (SSSR count). The Kier molecular flexibility index (Phi) is 5.99. The Labute approximate surface area is 182 Å². The fraction of sp³-hybridized carbons (Fsp3) is 0.381. The van der Waals surface area contributed by atoms with Crippen LogP contribution in [0.3, 0.4) is 0 Å². The lowest BCUT2D eigenvalue weighted by molar-refractivity contribution is -0.115. The maximum Gasteiger partial charge on any atom is 0.263 e. The number of aryl methyl sites for hydroxylation is 2. The summed E-state index contributed by atoms with van der Waals surface area (Å²) in [6.45, 7) is 4.45. The Morgan fingerprint density at radius 3 is 2.93 bits per heavy atom. The topological polar surface area (TPSA) is 64.0 Å². The molecule has 5 nitrogen and oxygen atoms in total. The van der Waals surface area contributed by atoms with Crippen LogP contribution >= 0.6 is 34.7 Å². The third kappa shape index (κ3) is 3.96. The largest absolute Gasteiger partial charge is 0.324 e. The number of hydrogen-bond donors (Lipinski definition) is 1. The third-order valence-electron chi connectivity index (χ3n) is 5.02. The summed E-state index contributed by atoms with van der Waals surface area (Å²) < 4.78 is 1.73. The molecular weight excluding hydrogens is 426 g/mol. The zero-order valence-corrected chi connectivity index (χ0v) is 18.7. The number of rotatable bonds is 6. The molecule has 0 saturated carbocycles. The fourth-order valence-corrected chi connectivity index (χ4v) is 6.00. The van der Waals surface area contributed by atoms with Crippen molar-refractivity contribution < 1.29 is 4.79 Å². The van der Waals surface area contributed by atoms with Crippen molar-refractivity contribution >= 4 is 56.5 Å². The second-order valence-corrected chi connectivity index (χ2v) is 9.92. The van der Waals surface area contributed by atoms with Gasteiger partial charge in [-0.2, -0.15) is 0 Å². The molecule has 1 unspecified atom stereocenters. The van der Waals surface area contributed by atoms with Gasteiger partial charge >= 0.3 is 0 Å². The van der Waals surface area contributed by atoms with Gasteiger partial charge in [0.1, 0.15) is 4.83 Å². The van der Waals surface area contributed by atoms with E-state index in [1.165, 1.54) is 22.2 Å². The van der Waals surface area contributed by atoms with E-state index in [1.807, 2.05) is 26.0 Å². The van der Waals surface area contributed by atoms with Crippen LogP contribution in [0.5, 0.6) is 0 Å². The summed E-state index contributed by atoms with van der Waals surface area (Å²) in [5, 5.41) is 4.32. The summed E-state index contributed by atoms with van der Waals surface area (Å²) in [5.74, 6) is -0.172. The van der Waals surface area contributed by atoms with Gasteiger partial charge in [0.2, 0.25) is 5.91 Å². The molecule has 1 atom stereocenters. The van der Waals surface area contributed by atoms with Crippen molar-refractivity contribution in [3.63, 3.8) is 0 Å². The number of carbonyl (C=O) groups excluding carboxylic acids is 1. The average Bonchev–Trinajstić information content (AvgIpc) is 3.27. The van der Waals surface area contributed by atoms with Gasteiger partial charge in [0.25, 0.3) is 5.56 Å². The van der Waals surface area contributed by atoms with E-state index in [4.69, 9.17) is 16.6 Å². The Balaban J connectivity index is 1.64. The molecule has 1 aromatic carbocycles. The van der Waals surface area contributed by atoms with Crippen LogP contribution in [-0.2, 0) is 24.2 Å². The predicted octanol–water partition coefficient (Wildman–Crippen LogP) is 5.13. The Morgan fingerprint density at radius 1 is 1.38 bits per heavy atom. The van der Waals surface area contributed by atoms with Crippen LogP contribution in [0.25, 0.3) is 10.2 Å². The van der Waals surface area contributed by atoms with Crippen molar-refractivity contribution in [3.05, 3.63) is 50.1 Å². The highest BCUT2D eigenvalue weighted by Gasteiger charge is 2.25. The summed E-state index contributed by atoms with van der Waals surface area (Å²) >= 11 is 9.09. The molecule has 152 valence electrons. The number of thiophene rings is 1. The number of halogens is 1. The summed E-state index contributed by atoms with van der Waals surface area (Å²) in [7, 11) is 0. The number of anilines is 1. The number of thioether (sulfide) groups is 1. The lowest BCUT2D eigenvalue weighted by atomic mass is 10.2. The molecule has 29 heavy (non-hydrogen) atoms. The zero-order valence-electron chi connectivity index (χ0n) is 16.3. The SMILES string of the molecule is CCCn1c(SC(C)C(=O)Nc2ccccc2Cl)nc2sc3c(c2c1=O)CCC3. The second-order valence-electron chi connectivity index (χ2n) is 7.12. The number of hydrogen-bond acceptors (Lipinski definition) is 5. The van der Waals surface area contributed by atoms with Gasteiger partial charge in [-0.1, -0.05) is 42.4 Å². The number of benzene rings is 1. The second kappa shape index (κ2) is 8.50. The van der Waals surface area contributed by atoms with Crippen LogP contribution < -0.4 is 10.9 Å². The summed E-state index contributed by atoms with van der Waals surface area (Å²) in [5.41, 5.74) is 1.79. The Bertz CT molecular complexity index is 1140. The van der Waals surface area contributed by atoms with Crippen molar-refractivity contribution in [2.45, 2.75) is 56.5 Å². The number of para-hydroxylation sites is 1. The monoisotopic (exact) mass is 447 g/mol. The zero-order chi connectivity index (χ0) is 20.5. The first kappa shape index (κ1) is 20.4. The number of amides is 1. The molecule has 0 aliphatic heterocycles. The summed E-state index contributed by atoms with van der Waals surface area (Å²) in [6, 6.07) is 7.14. The molecule has 1 N–H and O–H groups in total. The number of carbonyl (C=O) groups is 1. The molecule has 1 aliphatic rings. The van der Waals surface area contributed by atoms with Gasteiger partial charge in [0.15, 0.2) is 5.16 Å². The molecule has 3 aromatic rings. The highest BCUT2D eigenvalue weighted by Crippen LogP contribution is 2.36. The van der Waals surface area contributed by atoms with E-state index in [9.17, 15) is 9.59 Å². The summed E-state index contributed by atoms with van der Waals surface area (Å²) in [4.78, 5) is 32.8. The molecule has 2 aromatic heterocycles. The van der Waals surface area contributed by atoms with Crippen molar-refractivity contribution in [2.24, 2.45) is 0 Å². The number of nitrogens with zero attached hydrogens (tertiary/aromatic N) is 2. The van der Waals surface area contributed by atoms with Crippen LogP contribution in [0.15, 0.2) is 34.2 Å². The van der Waals surface area contributed by atoms with E-state index < -0.39 is 5.25 Å². The van der Waals surface area contributed by atoms with Crippen molar-refractivity contribution in [1.29, 1.82) is 0 Å². The maximum atomic E-state index is 13.2. The minimum Gasteiger partial charge on any atom is -0.324 e. The van der Waals surface area contributed by atoms with Gasteiger partial charge in [-0.05, 0) is 50.3 Å². The molecule has 2 heterocycles. The average molecular weight is 448 g/mol. The quantitative estimate of drug-likeness (QED) is 0.420. The molecule has 0 spiro atoms. The van der Waals surface area contributed by atoms with Crippen molar-refractivity contribution in [2.75, 3.05) is 5.32 Å². The molecule has 0 saturated heterocycles. The molecule has 1 aliphatic carbocycles. The minimum atomic E-state index is -0.425. The molecular formula is C21H22ClN3O2S2. The smallest absolute Gasteiger partial charge is 0.263 e. The highest BCUT2D eigenvalue weighted by molar-refractivity contribution is 8.00. The van der Waals surface area contributed by atoms with E-state index >= 15 is 0 Å². The van der Waals surface area contributed by atoms with E-state index in [2.05, 4.69) is 5.32 Å². The van der Waals surface area contributed by atoms with E-state index in [-0.39, 0.29) is 11.5 Å². The van der Waals surface area contributed by atoms with Crippen LogP contribution in [0.1, 0.15) is 37.1 Å². The van der Waals surface area contributed by atoms with Crippen LogP contribution in [0, 0.1) is 0 Å². The number of aromatic nitrogens is 2. The first-order chi connectivity index (χ1) is 14.0. The van der Waals surface area contributed by atoms with Gasteiger partial charge in [-0.15, -0.1) is 11.3 Å². The Morgan fingerprint density at radius 2 is 2.17 bits per heavy atom. The lowest BCUT2D eigenvalue weighted by Crippen LogP contribution is -2.27. The maximum absolute atomic E-state index is 13.2. The minimum absolute atomic E-state index is 0.0254. The van der Waals surface area contributed by atoms with E-state index in [0.717, 1.165) is 35.9 Å². The van der Waals surface area contributed by atoms with Crippen LogP contribution in [-0.4, -0.2) is 20.7 Å². The van der Waals surface area contributed by atoms with Gasteiger partial charge in [-0.3, -0.25) is 14.2 Å². The Hall–Kier alpha value is -1.83. The van der Waals surface area contributed by atoms with Gasteiger partial charge < -0.3 is 5.32 Å². The molecule has 1 amide bonds. The third-order valence-corrected chi connectivity index (χ3v) is 7.63. The highest BCUT2D eigenvalue weighted by atomic mass is 35.5. The van der Waals surface area contributed by atoms with E-state index in [1.54, 1.807) is 28.0 Å². The standard InChI is InChI=1S/C21H22ClN3O2S2/c1-3-11-25-20(27)17-13-7-6-10-16(13)29-19(17)24-21(25)28-12(2)18(26)23-15-9-5-4-8-14(15)22/h4-5,8-9,12H,3,6-7,10-11H2,1-2H3,(H,23,26). The van der Waals surface area contributed by atoms with Crippen molar-refractivity contribution in [1.82, 2.24) is 9.55 Å². The predicted molar refractivity (Wildman–Crippen MR) is 122 cm³/mol. The number of fused-ring (bicyclic) bond motifs is 3. The van der Waals surface area contributed by atoms with E-state index in [0.29, 0.717) is 22.4 Å². The molecule has 0 fully saturated rings. The van der Waals surface area contributed by atoms with Crippen LogP contribution in [0.4, 0.5) is 5.69 Å². The van der Waals surface area contributed by atoms with Gasteiger partial charge in [0, 0.05) is 11.4 Å². The molecule has 0 bridgehead atoms. The first-order valence-corrected chi connectivity index (χ1v) is 11.8. The van der Waals surface area contributed by atoms with Gasteiger partial charge in [0.05, 0.1) is 21.3 Å². The molecule has 0 radical (unpaired) electrons. The van der Waals surface area contributed by atoms with Crippen LogP contribution in [0.2, 0.25) is 5.02 Å². The first-order valence-electron chi connectivity index (χ1n) is 9.76. The van der Waals surface area contributed by atoms with Gasteiger partial charge in [-0.25, -0.2) is 4.98 Å². The normalized spacial score (nSPS) is 14.2.